The molecule has 0 N–H and O–H groups in total. The fourth-order valence-corrected chi connectivity index (χ4v) is 1.30. The van der Waals surface area contributed by atoms with Gasteiger partial charge >= 0.3 is 12.3 Å². The summed E-state index contributed by atoms with van der Waals surface area (Å²) in [7, 11) is 3.10. The SMILES string of the molecule is CCCC[N+](C)(C)CC(F)(F)C(F)F. The molecule has 0 unspecified atom stereocenters. The summed E-state index contributed by atoms with van der Waals surface area (Å²) in [5, 5.41) is 0. The molecule has 0 aliphatic rings. The van der Waals surface area contributed by atoms with Crippen LogP contribution < -0.4 is 0 Å². The zero-order valence-corrected chi connectivity index (χ0v) is 8.86. The van der Waals surface area contributed by atoms with Gasteiger partial charge in [0.2, 0.25) is 0 Å². The standard InChI is InChI=1S/C9H18F4N/c1-4-5-6-14(2,3)7-9(12,13)8(10)11/h8H,4-7H2,1-3H3/q+1. The molecule has 5 heteroatoms. The van der Waals surface area contributed by atoms with Crippen molar-refractivity contribution in [2.75, 3.05) is 27.2 Å². The van der Waals surface area contributed by atoms with E-state index in [1.54, 1.807) is 14.1 Å². The van der Waals surface area contributed by atoms with Crippen LogP contribution in [0.5, 0.6) is 0 Å². The van der Waals surface area contributed by atoms with Crippen LogP contribution >= 0.6 is 0 Å². The summed E-state index contributed by atoms with van der Waals surface area (Å²) >= 11 is 0. The van der Waals surface area contributed by atoms with Gasteiger partial charge in [-0.15, -0.1) is 0 Å². The first-order valence-corrected chi connectivity index (χ1v) is 4.69. The molecule has 86 valence electrons. The van der Waals surface area contributed by atoms with E-state index in [0.717, 1.165) is 12.8 Å². The third-order valence-electron chi connectivity index (χ3n) is 2.08. The molecular weight excluding hydrogens is 198 g/mol. The molecule has 0 rings (SSSR count). The van der Waals surface area contributed by atoms with Crippen LogP contribution in [0.4, 0.5) is 17.6 Å². The number of unbranched alkanes of at least 4 members (excludes halogenated alkanes) is 1. The maximum atomic E-state index is 12.7. The number of rotatable bonds is 6. The zero-order valence-electron chi connectivity index (χ0n) is 8.86. The van der Waals surface area contributed by atoms with Gasteiger partial charge in [0.25, 0.3) is 0 Å². The van der Waals surface area contributed by atoms with E-state index < -0.39 is 18.9 Å². The molecule has 14 heavy (non-hydrogen) atoms. The lowest BCUT2D eigenvalue weighted by Gasteiger charge is -2.32. The second-order valence-corrected chi connectivity index (χ2v) is 4.23. The number of hydrogen-bond acceptors (Lipinski definition) is 0. The van der Waals surface area contributed by atoms with Crippen LogP contribution in [-0.2, 0) is 0 Å². The highest BCUT2D eigenvalue weighted by molar-refractivity contribution is 4.68. The Bertz CT molecular complexity index is 168. The lowest BCUT2D eigenvalue weighted by molar-refractivity contribution is -0.899. The lowest BCUT2D eigenvalue weighted by atomic mass is 10.2. The van der Waals surface area contributed by atoms with Gasteiger partial charge in [-0.3, -0.25) is 0 Å². The van der Waals surface area contributed by atoms with E-state index in [4.69, 9.17) is 0 Å². The number of nitrogens with zero attached hydrogens (tertiary/aromatic N) is 1. The van der Waals surface area contributed by atoms with E-state index in [2.05, 4.69) is 0 Å². The van der Waals surface area contributed by atoms with Gasteiger partial charge in [0.05, 0.1) is 20.6 Å². The summed E-state index contributed by atoms with van der Waals surface area (Å²) in [5.41, 5.74) is 0. The third-order valence-corrected chi connectivity index (χ3v) is 2.08. The summed E-state index contributed by atoms with van der Waals surface area (Å²) in [6, 6.07) is 0. The minimum atomic E-state index is -3.88. The smallest absolute Gasteiger partial charge is 0.323 e. The van der Waals surface area contributed by atoms with Crippen molar-refractivity contribution in [3.8, 4) is 0 Å². The third kappa shape index (κ3) is 4.79. The van der Waals surface area contributed by atoms with Crippen molar-refractivity contribution in [1.82, 2.24) is 0 Å². The predicted octanol–water partition coefficient (Wildman–Crippen LogP) is 2.76. The summed E-state index contributed by atoms with van der Waals surface area (Å²) in [5.74, 6) is -3.88. The Hall–Kier alpha value is -0.320. The fraction of sp³-hybridized carbons (Fsp3) is 1.00. The molecule has 0 spiro atoms. The van der Waals surface area contributed by atoms with E-state index >= 15 is 0 Å². The summed E-state index contributed by atoms with van der Waals surface area (Å²) in [4.78, 5) is 0. The number of quaternary nitrogens is 1. The minimum absolute atomic E-state index is 0.0643. The Morgan fingerprint density at radius 1 is 1.21 bits per heavy atom. The van der Waals surface area contributed by atoms with Gasteiger partial charge in [0.15, 0.2) is 0 Å². The van der Waals surface area contributed by atoms with E-state index in [1.807, 2.05) is 6.92 Å². The fourth-order valence-electron chi connectivity index (χ4n) is 1.30. The molecule has 0 aliphatic carbocycles. The van der Waals surface area contributed by atoms with E-state index in [1.165, 1.54) is 0 Å². The van der Waals surface area contributed by atoms with Crippen molar-refractivity contribution >= 4 is 0 Å². The van der Waals surface area contributed by atoms with Crippen LogP contribution in [-0.4, -0.2) is 44.0 Å². The molecule has 0 radical (unpaired) electrons. The molecule has 0 bridgehead atoms. The lowest BCUT2D eigenvalue weighted by Crippen LogP contribution is -2.51. The largest absolute Gasteiger partial charge is 0.354 e. The maximum absolute atomic E-state index is 12.7. The molecular formula is C9H18F4N+. The monoisotopic (exact) mass is 216 g/mol. The molecule has 0 heterocycles. The number of halogens is 4. The molecule has 0 amide bonds. The van der Waals surface area contributed by atoms with Crippen molar-refractivity contribution in [3.05, 3.63) is 0 Å². The molecule has 0 aliphatic heterocycles. The molecule has 0 saturated carbocycles. The van der Waals surface area contributed by atoms with Gasteiger partial charge in [0, 0.05) is 0 Å². The average molecular weight is 216 g/mol. The molecule has 0 atom stereocenters. The Labute approximate surface area is 82.3 Å². The Balaban J connectivity index is 4.19. The van der Waals surface area contributed by atoms with Gasteiger partial charge in [-0.05, 0) is 6.42 Å². The summed E-state index contributed by atoms with van der Waals surface area (Å²) in [6.07, 6.45) is -1.92. The van der Waals surface area contributed by atoms with E-state index in [-0.39, 0.29) is 4.48 Å². The highest BCUT2D eigenvalue weighted by atomic mass is 19.3. The highest BCUT2D eigenvalue weighted by Crippen LogP contribution is 2.25. The van der Waals surface area contributed by atoms with Gasteiger partial charge in [0.1, 0.15) is 6.54 Å². The molecule has 0 aromatic heterocycles. The minimum Gasteiger partial charge on any atom is -0.323 e. The molecule has 0 aromatic rings. The van der Waals surface area contributed by atoms with Crippen molar-refractivity contribution in [3.63, 3.8) is 0 Å². The average Bonchev–Trinajstić information content (AvgIpc) is 1.99. The van der Waals surface area contributed by atoms with Gasteiger partial charge < -0.3 is 4.48 Å². The molecule has 0 fully saturated rings. The van der Waals surface area contributed by atoms with Gasteiger partial charge in [-0.2, -0.15) is 8.78 Å². The van der Waals surface area contributed by atoms with Crippen LogP contribution in [0.1, 0.15) is 19.8 Å². The van der Waals surface area contributed by atoms with Crippen LogP contribution in [0.2, 0.25) is 0 Å². The van der Waals surface area contributed by atoms with E-state index in [0.29, 0.717) is 6.54 Å². The first-order valence-electron chi connectivity index (χ1n) is 4.69. The van der Waals surface area contributed by atoms with Crippen molar-refractivity contribution in [1.29, 1.82) is 0 Å². The Kier molecular flexibility index (Phi) is 4.84. The highest BCUT2D eigenvalue weighted by Gasteiger charge is 2.46. The van der Waals surface area contributed by atoms with Crippen molar-refractivity contribution < 1.29 is 22.0 Å². The zero-order chi connectivity index (χ0) is 11.4. The predicted molar refractivity (Wildman–Crippen MR) is 47.7 cm³/mol. The van der Waals surface area contributed by atoms with Crippen molar-refractivity contribution in [2.45, 2.75) is 32.1 Å². The quantitative estimate of drug-likeness (QED) is 0.473. The second kappa shape index (κ2) is 4.96. The maximum Gasteiger partial charge on any atom is 0.354 e. The van der Waals surface area contributed by atoms with Crippen LogP contribution in [0, 0.1) is 0 Å². The molecule has 1 nitrogen and oxygen atoms in total. The van der Waals surface area contributed by atoms with Crippen LogP contribution in [0.15, 0.2) is 0 Å². The summed E-state index contributed by atoms with van der Waals surface area (Å²) in [6.45, 7) is 1.63. The normalized spacial score (nSPS) is 13.7. The number of alkyl halides is 4. The first-order chi connectivity index (χ1) is 6.21. The van der Waals surface area contributed by atoms with E-state index in [9.17, 15) is 17.6 Å². The first kappa shape index (κ1) is 13.7. The van der Waals surface area contributed by atoms with Crippen LogP contribution in [0.25, 0.3) is 0 Å². The van der Waals surface area contributed by atoms with Crippen LogP contribution in [0.3, 0.4) is 0 Å². The second-order valence-electron chi connectivity index (χ2n) is 4.23. The number of hydrogen-bond donors (Lipinski definition) is 0. The summed E-state index contributed by atoms with van der Waals surface area (Å²) < 4.78 is 49.2. The molecule has 0 aromatic carbocycles. The molecule has 0 saturated heterocycles. The Morgan fingerprint density at radius 2 is 1.71 bits per heavy atom. The topological polar surface area (TPSA) is 0 Å². The Morgan fingerprint density at radius 3 is 2.07 bits per heavy atom. The van der Waals surface area contributed by atoms with Gasteiger partial charge in [-0.25, -0.2) is 8.78 Å². The van der Waals surface area contributed by atoms with Crippen molar-refractivity contribution in [2.24, 2.45) is 0 Å². The van der Waals surface area contributed by atoms with Gasteiger partial charge in [-0.1, -0.05) is 13.3 Å².